The number of ether oxygens (including phenoxy) is 1. The second-order valence-corrected chi connectivity index (χ2v) is 4.51. The van der Waals surface area contributed by atoms with Crippen LogP contribution in [0.15, 0.2) is 0 Å². The first-order valence-corrected chi connectivity index (χ1v) is 5.65. The quantitative estimate of drug-likeness (QED) is 0.672. The predicted molar refractivity (Wildman–Crippen MR) is 57.2 cm³/mol. The number of amides is 1. The molecule has 0 spiro atoms. The van der Waals surface area contributed by atoms with Gasteiger partial charge in [0.1, 0.15) is 6.54 Å². The molecule has 0 aliphatic heterocycles. The molecular formula is C9H17NO3S. The lowest BCUT2D eigenvalue weighted by Gasteiger charge is -2.06. The van der Waals surface area contributed by atoms with E-state index in [-0.39, 0.29) is 12.5 Å². The molecule has 0 saturated heterocycles. The third kappa shape index (κ3) is 7.91. The van der Waals surface area contributed by atoms with Gasteiger partial charge in [-0.25, -0.2) is 0 Å². The van der Waals surface area contributed by atoms with E-state index in [0.29, 0.717) is 17.6 Å². The van der Waals surface area contributed by atoms with Crippen LogP contribution in [0.1, 0.15) is 20.8 Å². The van der Waals surface area contributed by atoms with Crippen LogP contribution in [0.3, 0.4) is 0 Å². The number of hydrogen-bond acceptors (Lipinski definition) is 4. The van der Waals surface area contributed by atoms with Crippen LogP contribution in [0, 0.1) is 0 Å². The fourth-order valence-electron chi connectivity index (χ4n) is 0.676. The van der Waals surface area contributed by atoms with Crippen LogP contribution >= 0.6 is 11.8 Å². The molecule has 0 saturated carbocycles. The summed E-state index contributed by atoms with van der Waals surface area (Å²) in [5.74, 6) is -0.135. The largest absolute Gasteiger partial charge is 0.465 e. The number of nitrogens with one attached hydrogen (secondary N) is 1. The molecule has 82 valence electrons. The maximum absolute atomic E-state index is 11.1. The average Bonchev–Trinajstić information content (AvgIpc) is 2.12. The summed E-state index contributed by atoms with van der Waals surface area (Å²) >= 11 is 1.54. The second-order valence-electron chi connectivity index (χ2n) is 2.94. The van der Waals surface area contributed by atoms with Crippen LogP contribution in [0.4, 0.5) is 0 Å². The van der Waals surface area contributed by atoms with Gasteiger partial charge in [-0.3, -0.25) is 9.59 Å². The Balaban J connectivity index is 3.48. The van der Waals surface area contributed by atoms with E-state index in [9.17, 15) is 9.59 Å². The molecule has 0 bridgehead atoms. The van der Waals surface area contributed by atoms with Gasteiger partial charge in [-0.2, -0.15) is 0 Å². The summed E-state index contributed by atoms with van der Waals surface area (Å²) < 4.78 is 4.66. The van der Waals surface area contributed by atoms with E-state index in [1.807, 2.05) is 13.8 Å². The molecule has 0 atom stereocenters. The number of rotatable bonds is 6. The summed E-state index contributed by atoms with van der Waals surface area (Å²) in [6, 6.07) is 0. The van der Waals surface area contributed by atoms with E-state index in [2.05, 4.69) is 10.1 Å². The van der Waals surface area contributed by atoms with Crippen molar-refractivity contribution in [3.63, 3.8) is 0 Å². The molecular weight excluding hydrogens is 202 g/mol. The van der Waals surface area contributed by atoms with Gasteiger partial charge in [-0.1, -0.05) is 13.8 Å². The highest BCUT2D eigenvalue weighted by molar-refractivity contribution is 8.00. The van der Waals surface area contributed by atoms with Crippen molar-refractivity contribution in [1.82, 2.24) is 5.32 Å². The van der Waals surface area contributed by atoms with Gasteiger partial charge < -0.3 is 10.1 Å². The number of thioether (sulfide) groups is 1. The predicted octanol–water partition coefficient (Wildman–Crippen LogP) is 0.807. The smallest absolute Gasteiger partial charge is 0.325 e. The van der Waals surface area contributed by atoms with Gasteiger partial charge in [0, 0.05) is 0 Å². The summed E-state index contributed by atoms with van der Waals surface area (Å²) in [7, 11) is 0. The van der Waals surface area contributed by atoms with Crippen molar-refractivity contribution in [2.75, 3.05) is 18.9 Å². The van der Waals surface area contributed by atoms with Gasteiger partial charge in [-0.05, 0) is 12.2 Å². The fraction of sp³-hybridized carbons (Fsp3) is 0.778. The van der Waals surface area contributed by atoms with Crippen LogP contribution in [0.2, 0.25) is 0 Å². The molecule has 14 heavy (non-hydrogen) atoms. The van der Waals surface area contributed by atoms with Crippen molar-refractivity contribution >= 4 is 23.6 Å². The van der Waals surface area contributed by atoms with E-state index in [1.165, 1.54) is 0 Å². The first-order chi connectivity index (χ1) is 6.56. The minimum atomic E-state index is -0.393. The maximum atomic E-state index is 11.1. The van der Waals surface area contributed by atoms with Crippen LogP contribution < -0.4 is 5.32 Å². The molecule has 0 heterocycles. The standard InChI is InChI=1S/C9H17NO3S/c1-4-13-9(12)5-10-8(11)6-14-7(2)3/h7H,4-6H2,1-3H3,(H,10,11). The molecule has 0 aromatic carbocycles. The molecule has 0 rings (SSSR count). The molecule has 1 amide bonds. The van der Waals surface area contributed by atoms with E-state index >= 15 is 0 Å². The lowest BCUT2D eigenvalue weighted by molar-refractivity contribution is -0.143. The lowest BCUT2D eigenvalue weighted by atomic mass is 10.6. The average molecular weight is 219 g/mol. The Morgan fingerprint density at radius 1 is 1.43 bits per heavy atom. The number of carbonyl (C=O) groups is 2. The minimum absolute atomic E-state index is 0.0364. The van der Waals surface area contributed by atoms with E-state index in [0.717, 1.165) is 0 Å². The minimum Gasteiger partial charge on any atom is -0.465 e. The fourth-order valence-corrected chi connectivity index (χ4v) is 1.26. The third-order valence-corrected chi connectivity index (χ3v) is 2.38. The highest BCUT2D eigenvalue weighted by Crippen LogP contribution is 2.07. The Hall–Kier alpha value is -0.710. The Morgan fingerprint density at radius 2 is 2.07 bits per heavy atom. The number of carbonyl (C=O) groups excluding carboxylic acids is 2. The van der Waals surface area contributed by atoms with Crippen molar-refractivity contribution in [1.29, 1.82) is 0 Å². The van der Waals surface area contributed by atoms with E-state index < -0.39 is 5.97 Å². The molecule has 0 fully saturated rings. The summed E-state index contributed by atoms with van der Waals surface area (Å²) in [5, 5.41) is 2.91. The maximum Gasteiger partial charge on any atom is 0.325 e. The van der Waals surface area contributed by atoms with Gasteiger partial charge in [0.2, 0.25) is 5.91 Å². The molecule has 0 radical (unpaired) electrons. The highest BCUT2D eigenvalue weighted by atomic mass is 32.2. The topological polar surface area (TPSA) is 55.4 Å². The molecule has 5 heteroatoms. The zero-order chi connectivity index (χ0) is 11.0. The summed E-state index contributed by atoms with van der Waals surface area (Å²) in [4.78, 5) is 22.0. The van der Waals surface area contributed by atoms with Gasteiger partial charge in [0.15, 0.2) is 0 Å². The molecule has 0 aromatic rings. The summed E-state index contributed by atoms with van der Waals surface area (Å²) in [6.07, 6.45) is 0. The Morgan fingerprint density at radius 3 is 2.57 bits per heavy atom. The first kappa shape index (κ1) is 13.3. The molecule has 1 N–H and O–H groups in total. The van der Waals surface area contributed by atoms with Crippen LogP contribution in [-0.4, -0.2) is 36.0 Å². The van der Waals surface area contributed by atoms with Gasteiger partial charge >= 0.3 is 5.97 Å². The first-order valence-electron chi connectivity index (χ1n) is 4.60. The number of esters is 1. The second kappa shape index (κ2) is 7.67. The van der Waals surface area contributed by atoms with Crippen molar-refractivity contribution in [3.8, 4) is 0 Å². The van der Waals surface area contributed by atoms with Crippen molar-refractivity contribution in [2.45, 2.75) is 26.0 Å². The molecule has 4 nitrogen and oxygen atoms in total. The van der Waals surface area contributed by atoms with E-state index in [1.54, 1.807) is 18.7 Å². The molecule has 0 unspecified atom stereocenters. The normalized spacial score (nSPS) is 10.0. The van der Waals surface area contributed by atoms with Crippen molar-refractivity contribution < 1.29 is 14.3 Å². The number of hydrogen-bond donors (Lipinski definition) is 1. The molecule has 0 aliphatic rings. The van der Waals surface area contributed by atoms with Crippen LogP contribution in [0.5, 0.6) is 0 Å². The highest BCUT2D eigenvalue weighted by Gasteiger charge is 2.06. The molecule has 0 aromatic heterocycles. The lowest BCUT2D eigenvalue weighted by Crippen LogP contribution is -2.32. The van der Waals surface area contributed by atoms with Crippen LogP contribution in [0.25, 0.3) is 0 Å². The Labute approximate surface area is 88.8 Å². The zero-order valence-electron chi connectivity index (χ0n) is 8.83. The summed E-state index contributed by atoms with van der Waals surface area (Å²) in [6.45, 7) is 6.07. The van der Waals surface area contributed by atoms with Crippen LogP contribution in [-0.2, 0) is 14.3 Å². The van der Waals surface area contributed by atoms with Gasteiger partial charge in [-0.15, -0.1) is 11.8 Å². The summed E-state index contributed by atoms with van der Waals surface area (Å²) in [5.41, 5.74) is 0. The Kier molecular flexibility index (Phi) is 7.28. The zero-order valence-corrected chi connectivity index (χ0v) is 9.65. The van der Waals surface area contributed by atoms with E-state index in [4.69, 9.17) is 0 Å². The molecule has 0 aliphatic carbocycles. The van der Waals surface area contributed by atoms with Gasteiger partial charge in [0.25, 0.3) is 0 Å². The third-order valence-electron chi connectivity index (χ3n) is 1.28. The Bertz CT molecular complexity index is 194. The van der Waals surface area contributed by atoms with Crippen molar-refractivity contribution in [2.24, 2.45) is 0 Å². The van der Waals surface area contributed by atoms with Gasteiger partial charge in [0.05, 0.1) is 12.4 Å². The monoisotopic (exact) mass is 219 g/mol. The SMILES string of the molecule is CCOC(=O)CNC(=O)CSC(C)C. The van der Waals surface area contributed by atoms with Crippen molar-refractivity contribution in [3.05, 3.63) is 0 Å².